The van der Waals surface area contributed by atoms with Gasteiger partial charge in [-0.15, -0.1) is 0 Å². The third-order valence-electron chi connectivity index (χ3n) is 16.6. The second-order valence-electron chi connectivity index (χ2n) is 25.3. The van der Waals surface area contributed by atoms with Crippen LogP contribution in [-0.4, -0.2) is 81.3 Å². The number of nitrogens with one attached hydrogen (secondary N) is 6. The molecule has 0 bridgehead atoms. The van der Waals surface area contributed by atoms with Crippen LogP contribution in [0.15, 0.2) is 269 Å². The SMILES string of the molecule is [2H]c1cc(C)c([2H])n1-c1cc(C)cc(NC(=O)c2ccc(C([2H])([2H])[2H])c(Nc3nccc(-c4cccnc4)n3)c2)c1.[2H]c1cc(C)c([2H])n1-c1cc(C)cc(NC(=O)c2ccc(C)c(Nc3nccc(-c4cccnc4)n3)c2)c1.[2H]c1nc(C)c([2H])n1-c1cc(C)cc(NC(=O)c2ccc(C)c(Nc3nccc(-c4cccnc4)n3)c2)c1. The first-order valence-corrected chi connectivity index (χ1v) is 34.1. The van der Waals surface area contributed by atoms with Crippen molar-refractivity contribution in [3.63, 3.8) is 0 Å². The first-order valence-electron chi connectivity index (χ1n) is 38.6. The Hall–Kier alpha value is -14.4. The zero-order chi connectivity index (χ0) is 82.9. The third kappa shape index (κ3) is 18.5. The summed E-state index contributed by atoms with van der Waals surface area (Å²) in [5.74, 6) is -0.0630. The molecule has 9 aromatic heterocycles. The first-order chi connectivity index (χ1) is 56.0. The van der Waals surface area contributed by atoms with Gasteiger partial charge >= 0.3 is 0 Å². The predicted octanol–water partition coefficient (Wildman–Crippen LogP) is 18.1. The van der Waals surface area contributed by atoms with E-state index in [1.165, 1.54) is 27.3 Å². The number of hydrogen-bond acceptors (Lipinski definition) is 16. The largest absolute Gasteiger partial charge is 0.324 e. The number of benzene rings is 6. The minimum Gasteiger partial charge on any atom is -0.324 e. The van der Waals surface area contributed by atoms with Crippen molar-refractivity contribution in [1.29, 1.82) is 0 Å². The van der Waals surface area contributed by atoms with E-state index in [9.17, 15) is 14.4 Å². The minimum absolute atomic E-state index is 0.0104. The van der Waals surface area contributed by atoms with Gasteiger partial charge in [-0.25, -0.2) is 34.9 Å². The molecule has 0 fully saturated rings. The van der Waals surface area contributed by atoms with Crippen molar-refractivity contribution in [3.8, 4) is 50.8 Å². The molecule has 22 heteroatoms. The predicted molar refractivity (Wildman–Crippen MR) is 427 cm³/mol. The molecule has 0 unspecified atom stereocenters. The van der Waals surface area contributed by atoms with Crippen molar-refractivity contribution < 1.29 is 26.7 Å². The van der Waals surface area contributed by atoms with Gasteiger partial charge in [0.2, 0.25) is 17.8 Å². The quantitative estimate of drug-likeness (QED) is 0.0466. The van der Waals surface area contributed by atoms with Crippen molar-refractivity contribution >= 4 is 69.7 Å². The number of hydrogen-bond donors (Lipinski definition) is 6. The van der Waals surface area contributed by atoms with E-state index >= 15 is 0 Å². The Morgan fingerprint density at radius 2 is 0.722 bits per heavy atom. The van der Waals surface area contributed by atoms with Crippen molar-refractivity contribution in [2.75, 3.05) is 31.9 Å². The van der Waals surface area contributed by atoms with E-state index in [0.29, 0.717) is 85.5 Å². The van der Waals surface area contributed by atoms with Crippen molar-refractivity contribution in [3.05, 3.63) is 336 Å². The van der Waals surface area contributed by atoms with E-state index in [1.54, 1.807) is 154 Å². The summed E-state index contributed by atoms with van der Waals surface area (Å²) in [6.07, 6.45) is 16.1. The fourth-order valence-corrected chi connectivity index (χ4v) is 11.3. The molecule has 9 heterocycles. The van der Waals surface area contributed by atoms with E-state index in [-0.39, 0.29) is 71.7 Å². The Morgan fingerprint density at radius 1 is 0.361 bits per heavy atom. The summed E-state index contributed by atoms with van der Waals surface area (Å²) in [6, 6.07) is 51.1. The van der Waals surface area contributed by atoms with E-state index in [1.807, 2.05) is 120 Å². The van der Waals surface area contributed by atoms with Gasteiger partial charge in [0.15, 0.2) is 0 Å². The Bertz CT molecular complexity index is 6000. The highest BCUT2D eigenvalue weighted by atomic mass is 16.2. The molecule has 6 aromatic carbocycles. The zero-order valence-corrected chi connectivity index (χ0v) is 60.0. The molecular formula is C86H77N19O3. The van der Waals surface area contributed by atoms with Crippen molar-refractivity contribution in [2.45, 2.75) is 62.2 Å². The summed E-state index contributed by atoms with van der Waals surface area (Å²) < 4.78 is 77.9. The standard InChI is InChI=1S/2C29H26N6O.C28H25N7O/c2*1-19-9-12-35(18-19)25-14-20(2)13-24(16-25)32-28(36)22-7-6-21(3)27(15-22)34-29-31-11-8-26(33-29)23-5-4-10-30-17-23;1-18-11-23(14-24(12-18)35-16-20(3)31-17-35)32-27(36)21-7-6-19(2)26(13-21)34-28-30-10-8-25(33-28)22-5-4-9-29-15-22/h2*4-18H,1-3H3,(H,32,36)(H,31,33,34);4-17H,1-3H3,(H,32,36)(H,30,33,34)/i3D3,12D,18D;12D,18D;16D,17D. The number of carbonyl (C=O) groups is 3. The Labute approximate surface area is 638 Å². The number of amides is 3. The number of rotatable bonds is 18. The number of carbonyl (C=O) groups excluding carboxylic acids is 3. The van der Waals surface area contributed by atoms with E-state index < -0.39 is 12.8 Å². The van der Waals surface area contributed by atoms with Gasteiger partial charge in [-0.05, 0) is 264 Å². The normalized spacial score (nSPS) is 12.1. The molecule has 0 aliphatic carbocycles. The minimum atomic E-state index is -2.46. The summed E-state index contributed by atoms with van der Waals surface area (Å²) in [5.41, 5.74) is 17.1. The molecule has 3 amide bonds. The molecule has 15 rings (SSSR count). The van der Waals surface area contributed by atoms with Gasteiger partial charge in [-0.1, -0.05) is 18.2 Å². The Morgan fingerprint density at radius 3 is 1.05 bits per heavy atom. The molecule has 108 heavy (non-hydrogen) atoms. The molecule has 0 aliphatic heterocycles. The highest BCUT2D eigenvalue weighted by molar-refractivity contribution is 6.07. The maximum Gasteiger partial charge on any atom is 0.255 e. The number of nitrogens with zero attached hydrogens (tertiary/aromatic N) is 13. The van der Waals surface area contributed by atoms with E-state index in [0.717, 1.165) is 61.5 Å². The molecule has 0 spiro atoms. The smallest absolute Gasteiger partial charge is 0.255 e. The van der Waals surface area contributed by atoms with Gasteiger partial charge in [0.1, 0.15) is 1.37 Å². The fourth-order valence-electron chi connectivity index (χ4n) is 11.3. The van der Waals surface area contributed by atoms with Crippen LogP contribution in [-0.2, 0) is 0 Å². The van der Waals surface area contributed by atoms with Gasteiger partial charge in [0.05, 0.1) is 35.9 Å². The monoisotopic (exact) mass is 1430 g/mol. The Balaban J connectivity index is 0.000000153. The summed E-state index contributed by atoms with van der Waals surface area (Å²) in [4.78, 5) is 82.7. The second kappa shape index (κ2) is 32.9. The third-order valence-corrected chi connectivity index (χ3v) is 16.6. The van der Waals surface area contributed by atoms with Crippen LogP contribution in [0.25, 0.3) is 50.8 Å². The molecule has 0 saturated carbocycles. The summed E-state index contributed by atoms with van der Waals surface area (Å²) in [7, 11) is 0. The summed E-state index contributed by atoms with van der Waals surface area (Å²) in [5, 5.41) is 18.2. The maximum absolute atomic E-state index is 13.3. The van der Waals surface area contributed by atoms with Gasteiger partial charge in [-0.3, -0.25) is 29.3 Å². The molecule has 0 saturated heterocycles. The maximum atomic E-state index is 13.3. The average Bonchev–Trinajstić information content (AvgIpc) is 1.79. The second-order valence-corrected chi connectivity index (χ2v) is 25.3. The van der Waals surface area contributed by atoms with E-state index in [2.05, 4.69) is 81.7 Å². The van der Waals surface area contributed by atoms with Crippen LogP contribution in [0.5, 0.6) is 0 Å². The fraction of sp³-hybridized carbons (Fsp3) is 0.105. The number of aromatic nitrogens is 13. The molecule has 0 atom stereocenters. The van der Waals surface area contributed by atoms with Crippen LogP contribution in [0.1, 0.15) is 93.6 Å². The van der Waals surface area contributed by atoms with Crippen LogP contribution < -0.4 is 31.9 Å². The number of imidazole rings is 1. The lowest BCUT2D eigenvalue weighted by Crippen LogP contribution is -2.13. The van der Waals surface area contributed by atoms with Crippen molar-refractivity contribution in [2.24, 2.45) is 0 Å². The molecule has 6 N–H and O–H groups in total. The van der Waals surface area contributed by atoms with Gasteiger partial charge in [0, 0.05) is 175 Å². The zero-order valence-electron chi connectivity index (χ0n) is 69.0. The van der Waals surface area contributed by atoms with Gasteiger partial charge < -0.3 is 45.6 Å². The Kier molecular flexibility index (Phi) is 18.6. The average molecular weight is 1430 g/mol. The topological polar surface area (TPSA) is 267 Å². The van der Waals surface area contributed by atoms with Crippen LogP contribution in [0, 0.1) is 62.2 Å². The van der Waals surface area contributed by atoms with Gasteiger partial charge in [-0.2, -0.15) is 0 Å². The van der Waals surface area contributed by atoms with Gasteiger partial charge in [0.25, 0.3) is 17.7 Å². The lowest BCUT2D eigenvalue weighted by molar-refractivity contribution is 0.101. The van der Waals surface area contributed by atoms with Crippen LogP contribution in [0.4, 0.5) is 52.0 Å². The van der Waals surface area contributed by atoms with Crippen LogP contribution in [0.3, 0.4) is 0 Å². The summed E-state index contributed by atoms with van der Waals surface area (Å²) in [6.45, 7) is 12.3. The van der Waals surface area contributed by atoms with E-state index in [4.69, 9.17) is 12.3 Å². The molecule has 534 valence electrons. The van der Waals surface area contributed by atoms with Crippen molar-refractivity contribution in [1.82, 2.24) is 63.5 Å². The number of anilines is 9. The molecule has 22 nitrogen and oxygen atoms in total. The molecule has 15 aromatic rings. The molecule has 0 aliphatic rings. The number of aryl methyl sites for hydroxylation is 9. The molecular weight excluding hydrogens is 1350 g/mol. The lowest BCUT2D eigenvalue weighted by Gasteiger charge is -2.13. The first kappa shape index (κ1) is 61.1. The number of pyridine rings is 3. The van der Waals surface area contributed by atoms with Crippen LogP contribution >= 0.6 is 0 Å². The summed E-state index contributed by atoms with van der Waals surface area (Å²) >= 11 is 0. The highest BCUT2D eigenvalue weighted by Crippen LogP contribution is 2.30. The van der Waals surface area contributed by atoms with Crippen LogP contribution in [0.2, 0.25) is 0 Å². The highest BCUT2D eigenvalue weighted by Gasteiger charge is 2.17. The molecule has 0 radical (unpaired) electrons. The lowest BCUT2D eigenvalue weighted by atomic mass is 10.1.